The second kappa shape index (κ2) is 7.82. The Morgan fingerprint density at radius 1 is 1.18 bits per heavy atom. The van der Waals surface area contributed by atoms with Crippen LogP contribution in [0.5, 0.6) is 0 Å². The number of amides is 1. The van der Waals surface area contributed by atoms with Crippen LogP contribution in [0.1, 0.15) is 73.6 Å². The summed E-state index contributed by atoms with van der Waals surface area (Å²) < 4.78 is 5.34. The molecule has 0 radical (unpaired) electrons. The molecule has 1 fully saturated rings. The van der Waals surface area contributed by atoms with Gasteiger partial charge in [-0.3, -0.25) is 0 Å². The van der Waals surface area contributed by atoms with Crippen molar-refractivity contribution in [3.63, 3.8) is 0 Å². The van der Waals surface area contributed by atoms with E-state index >= 15 is 0 Å². The summed E-state index contributed by atoms with van der Waals surface area (Å²) in [6.45, 7) is 11.5. The third-order valence-corrected chi connectivity index (χ3v) is 5.08. The molecule has 5 heteroatoms. The summed E-state index contributed by atoms with van der Waals surface area (Å²) >= 11 is 1.09. The molecule has 0 bridgehead atoms. The number of nitrogens with one attached hydrogen (secondary N) is 1. The fourth-order valence-electron chi connectivity index (χ4n) is 3.09. The van der Waals surface area contributed by atoms with Gasteiger partial charge in [-0.1, -0.05) is 0 Å². The zero-order valence-corrected chi connectivity index (χ0v) is 15.8. The number of rotatable bonds is 4. The number of alkyl carbamates (subject to hydrolysis) is 1. The van der Waals surface area contributed by atoms with Crippen LogP contribution in [0.25, 0.3) is 0 Å². The van der Waals surface area contributed by atoms with Crippen molar-refractivity contribution in [2.75, 3.05) is 0 Å². The molecule has 0 aromatic rings. The Bertz CT molecular complexity index is 401. The Labute approximate surface area is 139 Å². The van der Waals surface area contributed by atoms with Crippen LogP contribution in [0.15, 0.2) is 0 Å². The second-order valence-electron chi connectivity index (χ2n) is 8.07. The predicted octanol–water partition coefficient (Wildman–Crippen LogP) is 4.41. The lowest BCUT2D eigenvalue weighted by molar-refractivity contribution is 0.0455. The van der Waals surface area contributed by atoms with Gasteiger partial charge in [0.2, 0.25) is 0 Å². The van der Waals surface area contributed by atoms with E-state index in [0.717, 1.165) is 30.6 Å². The maximum absolute atomic E-state index is 11.9. The number of carbonyl (C=O) groups is 1. The van der Waals surface area contributed by atoms with Crippen LogP contribution >= 0.6 is 11.4 Å². The Balaban J connectivity index is 2.42. The number of ether oxygens (including phenoxy) is 1. The predicted molar refractivity (Wildman–Crippen MR) is 96.1 cm³/mol. The summed E-state index contributed by atoms with van der Waals surface area (Å²) in [6.07, 6.45) is 5.29. The van der Waals surface area contributed by atoms with Gasteiger partial charge >= 0.3 is 6.09 Å². The van der Waals surface area contributed by atoms with Crippen LogP contribution in [-0.2, 0) is 4.74 Å². The highest BCUT2D eigenvalue weighted by Crippen LogP contribution is 2.34. The van der Waals surface area contributed by atoms with Crippen molar-refractivity contribution in [2.24, 2.45) is 5.92 Å². The number of hydrogen-bond donors (Lipinski definition) is 3. The fraction of sp³-hybridized carbons (Fsp3) is 0.882. The molecule has 1 saturated carbocycles. The van der Waals surface area contributed by atoms with Gasteiger partial charge < -0.3 is 15.2 Å². The van der Waals surface area contributed by atoms with E-state index in [-0.39, 0.29) is 11.6 Å². The second-order valence-corrected chi connectivity index (χ2v) is 9.70. The van der Waals surface area contributed by atoms with E-state index < -0.39 is 5.60 Å². The summed E-state index contributed by atoms with van der Waals surface area (Å²) in [4.78, 5) is 11.9. The standard InChI is InChI=1S/C17H33NO3S/c1-12(19)22-14-9-7-13(8-10-14)11-17(5,6)18-15(20)21-16(2,3)4/h13-14,19,22H,7-11H2,1-6H3,(H,18,20). The molecule has 2 N–H and O–H groups in total. The smallest absolute Gasteiger partial charge is 0.408 e. The Hall–Kier alpha value is -0.550. The third-order valence-electron chi connectivity index (χ3n) is 3.82. The van der Waals surface area contributed by atoms with Crippen LogP contribution in [0, 0.1) is 5.92 Å². The monoisotopic (exact) mass is 331 g/mol. The largest absolute Gasteiger partial charge is 0.444 e. The molecule has 1 rings (SSSR count). The number of carbonyl (C=O) groups excluding carboxylic acids is 1. The highest BCUT2D eigenvalue weighted by atomic mass is 32.1. The van der Waals surface area contributed by atoms with Crippen molar-refractivity contribution in [3.8, 4) is 0 Å². The summed E-state index contributed by atoms with van der Waals surface area (Å²) in [6, 6.07) is 0. The number of aliphatic hydroxyl groups is 1. The van der Waals surface area contributed by atoms with E-state index in [1.165, 1.54) is 12.8 Å². The van der Waals surface area contributed by atoms with Crippen molar-refractivity contribution >= 4 is 22.5 Å². The van der Waals surface area contributed by atoms with Gasteiger partial charge in [0.15, 0.2) is 0 Å². The van der Waals surface area contributed by atoms with Crippen molar-refractivity contribution < 1.29 is 14.6 Å². The van der Waals surface area contributed by atoms with Crippen LogP contribution < -0.4 is 5.32 Å². The Morgan fingerprint density at radius 2 is 1.73 bits per heavy atom. The van der Waals surface area contributed by atoms with E-state index in [2.05, 4.69) is 19.2 Å². The average Bonchev–Trinajstić information content (AvgIpc) is 2.26. The molecule has 4 nitrogen and oxygen atoms in total. The van der Waals surface area contributed by atoms with E-state index in [1.54, 1.807) is 6.92 Å². The average molecular weight is 332 g/mol. The SMILES string of the molecule is CC(O)=[SH]C1CCC(CC(C)(C)NC(=O)OC(C)(C)C)CC1. The molecule has 1 aliphatic carbocycles. The lowest BCUT2D eigenvalue weighted by Gasteiger charge is -2.35. The maximum Gasteiger partial charge on any atom is 0.408 e. The van der Waals surface area contributed by atoms with Crippen LogP contribution in [0.3, 0.4) is 0 Å². The molecule has 1 aliphatic rings. The number of hydrogen-bond acceptors (Lipinski definition) is 2. The normalized spacial score (nSPS) is 24.4. The zero-order valence-electron chi connectivity index (χ0n) is 14.9. The molecule has 0 heterocycles. The molecule has 0 aromatic carbocycles. The lowest BCUT2D eigenvalue weighted by atomic mass is 9.80. The highest BCUT2D eigenvalue weighted by Gasteiger charge is 2.29. The van der Waals surface area contributed by atoms with Gasteiger partial charge in [0.05, 0.1) is 5.05 Å². The maximum atomic E-state index is 11.9. The van der Waals surface area contributed by atoms with Gasteiger partial charge in [-0.15, -0.1) is 0 Å². The first-order valence-corrected chi connectivity index (χ1v) is 9.18. The molecular weight excluding hydrogens is 298 g/mol. The molecular formula is C17H33NO3S. The van der Waals surface area contributed by atoms with Crippen LogP contribution in [-0.4, -0.2) is 32.6 Å². The topological polar surface area (TPSA) is 58.6 Å². The molecule has 130 valence electrons. The van der Waals surface area contributed by atoms with Gasteiger partial charge in [-0.05, 0) is 84.8 Å². The Kier molecular flexibility index (Phi) is 6.93. The van der Waals surface area contributed by atoms with Gasteiger partial charge in [0.25, 0.3) is 0 Å². The molecule has 0 atom stereocenters. The van der Waals surface area contributed by atoms with Gasteiger partial charge in [-0.25, -0.2) is 4.79 Å². The molecule has 0 aromatic heterocycles. The minimum atomic E-state index is -0.462. The first kappa shape index (κ1) is 19.5. The molecule has 22 heavy (non-hydrogen) atoms. The van der Waals surface area contributed by atoms with Gasteiger partial charge in [-0.2, -0.15) is 11.4 Å². The van der Waals surface area contributed by atoms with Crippen molar-refractivity contribution in [3.05, 3.63) is 0 Å². The molecule has 1 amide bonds. The minimum absolute atomic E-state index is 0.253. The number of aliphatic hydroxyl groups excluding tert-OH is 1. The van der Waals surface area contributed by atoms with Crippen molar-refractivity contribution in [2.45, 2.75) is 90.0 Å². The summed E-state index contributed by atoms with van der Waals surface area (Å²) in [7, 11) is 0. The van der Waals surface area contributed by atoms with Crippen LogP contribution in [0.4, 0.5) is 4.79 Å². The molecule has 0 unspecified atom stereocenters. The van der Waals surface area contributed by atoms with E-state index in [4.69, 9.17) is 4.74 Å². The van der Waals surface area contributed by atoms with E-state index in [0.29, 0.717) is 16.2 Å². The summed E-state index contributed by atoms with van der Waals surface area (Å²) in [5, 5.41) is 13.5. The first-order valence-electron chi connectivity index (χ1n) is 8.21. The molecule has 0 aliphatic heterocycles. The van der Waals surface area contributed by atoms with Gasteiger partial charge in [0, 0.05) is 5.54 Å². The fourth-order valence-corrected chi connectivity index (χ4v) is 4.18. The molecule has 0 spiro atoms. The minimum Gasteiger partial charge on any atom is -0.444 e. The van der Waals surface area contributed by atoms with E-state index in [9.17, 15) is 9.90 Å². The van der Waals surface area contributed by atoms with Crippen molar-refractivity contribution in [1.82, 2.24) is 5.32 Å². The van der Waals surface area contributed by atoms with Gasteiger partial charge in [0.1, 0.15) is 5.60 Å². The quantitative estimate of drug-likeness (QED) is 0.528. The van der Waals surface area contributed by atoms with Crippen LogP contribution in [0.2, 0.25) is 0 Å². The summed E-state index contributed by atoms with van der Waals surface area (Å²) in [5.41, 5.74) is -0.716. The first-order chi connectivity index (χ1) is 9.97. The van der Waals surface area contributed by atoms with E-state index in [1.807, 2.05) is 20.8 Å². The third kappa shape index (κ3) is 8.18. The highest BCUT2D eigenvalue weighted by molar-refractivity contribution is 7.98. The zero-order chi connectivity index (χ0) is 17.0. The molecule has 0 saturated heterocycles. The van der Waals surface area contributed by atoms with Crippen molar-refractivity contribution in [1.29, 1.82) is 0 Å². The lowest BCUT2D eigenvalue weighted by Crippen LogP contribution is -2.47. The Morgan fingerprint density at radius 3 is 2.18 bits per heavy atom. The summed E-state index contributed by atoms with van der Waals surface area (Å²) in [5.74, 6) is 0.635. The number of thiol groups is 1.